The summed E-state index contributed by atoms with van der Waals surface area (Å²) in [4.78, 5) is 25.9. The van der Waals surface area contributed by atoms with Crippen molar-refractivity contribution in [3.8, 4) is 0 Å². The van der Waals surface area contributed by atoms with E-state index in [1.165, 1.54) is 5.56 Å². The zero-order chi connectivity index (χ0) is 20.6. The van der Waals surface area contributed by atoms with E-state index in [1.807, 2.05) is 55.5 Å². The molecule has 2 aromatic carbocycles. The number of benzene rings is 2. The summed E-state index contributed by atoms with van der Waals surface area (Å²) in [5, 5.41) is 0. The van der Waals surface area contributed by atoms with Crippen molar-refractivity contribution < 1.29 is 4.79 Å². The summed E-state index contributed by atoms with van der Waals surface area (Å²) < 4.78 is 0. The molecule has 0 atom stereocenters. The highest BCUT2D eigenvalue weighted by atomic mass is 16.2. The first-order chi connectivity index (χ1) is 14.1. The molecule has 1 heterocycles. The molecular formula is C24H28N4O. The van der Waals surface area contributed by atoms with Crippen molar-refractivity contribution in [2.24, 2.45) is 0 Å². The number of rotatable bonds is 8. The Balaban J connectivity index is 1.74. The molecule has 1 aromatic heterocycles. The van der Waals surface area contributed by atoms with Crippen LogP contribution < -0.4 is 4.90 Å². The standard InChI is InChI=1S/C24H28N4O/c1-4-27(17-20-11-7-5-8-12-20)24(29)22-15-26-23(16-25-22)28(19(2)3)18-21-13-9-6-10-14-21/h5-16,19H,4,17-18H2,1-3H3. The van der Waals surface area contributed by atoms with E-state index in [-0.39, 0.29) is 11.9 Å². The molecule has 0 spiro atoms. The van der Waals surface area contributed by atoms with Crippen molar-refractivity contribution in [1.82, 2.24) is 14.9 Å². The van der Waals surface area contributed by atoms with Gasteiger partial charge in [-0.3, -0.25) is 4.79 Å². The van der Waals surface area contributed by atoms with Crippen LogP contribution in [0.5, 0.6) is 0 Å². The first kappa shape index (κ1) is 20.5. The minimum Gasteiger partial charge on any atom is -0.349 e. The zero-order valence-electron chi connectivity index (χ0n) is 17.3. The summed E-state index contributed by atoms with van der Waals surface area (Å²) in [6.07, 6.45) is 3.29. The molecule has 0 saturated heterocycles. The highest BCUT2D eigenvalue weighted by Crippen LogP contribution is 2.17. The molecular weight excluding hydrogens is 360 g/mol. The minimum absolute atomic E-state index is 0.102. The lowest BCUT2D eigenvalue weighted by molar-refractivity contribution is 0.0746. The van der Waals surface area contributed by atoms with Crippen molar-refractivity contribution in [1.29, 1.82) is 0 Å². The number of carbonyl (C=O) groups excluding carboxylic acids is 1. The fourth-order valence-electron chi connectivity index (χ4n) is 3.18. The van der Waals surface area contributed by atoms with Crippen LogP contribution in [-0.4, -0.2) is 33.4 Å². The van der Waals surface area contributed by atoms with Crippen LogP contribution in [-0.2, 0) is 13.1 Å². The molecule has 0 fully saturated rings. The van der Waals surface area contributed by atoms with E-state index in [1.54, 1.807) is 17.3 Å². The number of amides is 1. The van der Waals surface area contributed by atoms with Crippen LogP contribution >= 0.6 is 0 Å². The number of carbonyl (C=O) groups is 1. The molecule has 5 heteroatoms. The Kier molecular flexibility index (Phi) is 6.95. The smallest absolute Gasteiger partial charge is 0.274 e. The van der Waals surface area contributed by atoms with Crippen LogP contribution in [0, 0.1) is 0 Å². The Labute approximate surface area is 173 Å². The van der Waals surface area contributed by atoms with E-state index >= 15 is 0 Å². The SMILES string of the molecule is CCN(Cc1ccccc1)C(=O)c1cnc(N(Cc2ccccc2)C(C)C)cn1. The van der Waals surface area contributed by atoms with Crippen LogP contribution in [0.4, 0.5) is 5.82 Å². The Bertz CT molecular complexity index is 895. The predicted octanol–water partition coefficient (Wildman–Crippen LogP) is 4.55. The Morgan fingerprint density at radius 3 is 1.93 bits per heavy atom. The summed E-state index contributed by atoms with van der Waals surface area (Å²) in [5.41, 5.74) is 2.68. The maximum absolute atomic E-state index is 12.9. The van der Waals surface area contributed by atoms with Crippen molar-refractivity contribution >= 4 is 11.7 Å². The number of hydrogen-bond acceptors (Lipinski definition) is 4. The topological polar surface area (TPSA) is 49.3 Å². The van der Waals surface area contributed by atoms with Crippen LogP contribution in [0.25, 0.3) is 0 Å². The van der Waals surface area contributed by atoms with Gasteiger partial charge in [0.25, 0.3) is 5.91 Å². The van der Waals surface area contributed by atoms with Gasteiger partial charge in [0.1, 0.15) is 11.5 Å². The number of aromatic nitrogens is 2. The van der Waals surface area contributed by atoms with Gasteiger partial charge in [-0.2, -0.15) is 0 Å². The van der Waals surface area contributed by atoms with Gasteiger partial charge in [-0.15, -0.1) is 0 Å². The fraction of sp³-hybridized carbons (Fsp3) is 0.292. The van der Waals surface area contributed by atoms with Crippen LogP contribution in [0.1, 0.15) is 42.4 Å². The minimum atomic E-state index is -0.102. The quantitative estimate of drug-likeness (QED) is 0.568. The second-order valence-corrected chi connectivity index (χ2v) is 7.27. The lowest BCUT2D eigenvalue weighted by Crippen LogP contribution is -2.33. The zero-order valence-corrected chi connectivity index (χ0v) is 17.3. The molecule has 1 amide bonds. The van der Waals surface area contributed by atoms with Crippen molar-refractivity contribution in [3.63, 3.8) is 0 Å². The van der Waals surface area contributed by atoms with Crippen LogP contribution in [0.3, 0.4) is 0 Å². The average Bonchev–Trinajstić information content (AvgIpc) is 2.77. The maximum atomic E-state index is 12.9. The number of anilines is 1. The van der Waals surface area contributed by atoms with Gasteiger partial charge < -0.3 is 9.80 Å². The summed E-state index contributed by atoms with van der Waals surface area (Å²) in [5.74, 6) is 0.668. The second kappa shape index (κ2) is 9.82. The molecule has 29 heavy (non-hydrogen) atoms. The van der Waals surface area contributed by atoms with Gasteiger partial charge in [-0.1, -0.05) is 60.7 Å². The Morgan fingerprint density at radius 1 is 0.862 bits per heavy atom. The van der Waals surface area contributed by atoms with E-state index < -0.39 is 0 Å². The summed E-state index contributed by atoms with van der Waals surface area (Å²) >= 11 is 0. The first-order valence-electron chi connectivity index (χ1n) is 10.0. The summed E-state index contributed by atoms with van der Waals surface area (Å²) in [7, 11) is 0. The molecule has 0 unspecified atom stereocenters. The Morgan fingerprint density at radius 2 is 1.45 bits per heavy atom. The van der Waals surface area contributed by atoms with Gasteiger partial charge in [0.2, 0.25) is 0 Å². The third-order valence-corrected chi connectivity index (χ3v) is 4.86. The van der Waals surface area contributed by atoms with Gasteiger partial charge in [0.05, 0.1) is 12.4 Å². The van der Waals surface area contributed by atoms with Crippen molar-refractivity contribution in [2.45, 2.75) is 39.9 Å². The molecule has 0 saturated carbocycles. The third kappa shape index (κ3) is 5.41. The monoisotopic (exact) mass is 388 g/mol. The summed E-state index contributed by atoms with van der Waals surface area (Å²) in [6.45, 7) is 8.15. The van der Waals surface area contributed by atoms with Gasteiger partial charge in [0.15, 0.2) is 0 Å². The largest absolute Gasteiger partial charge is 0.349 e. The van der Waals surface area contributed by atoms with E-state index in [0.717, 1.165) is 17.9 Å². The molecule has 0 aliphatic heterocycles. The molecule has 0 N–H and O–H groups in total. The van der Waals surface area contributed by atoms with Gasteiger partial charge in [-0.25, -0.2) is 9.97 Å². The molecule has 150 valence electrons. The normalized spacial score (nSPS) is 10.8. The number of nitrogens with zero attached hydrogens (tertiary/aromatic N) is 4. The lowest BCUT2D eigenvalue weighted by Gasteiger charge is -2.28. The number of hydrogen-bond donors (Lipinski definition) is 0. The fourth-order valence-corrected chi connectivity index (χ4v) is 3.18. The predicted molar refractivity (Wildman–Crippen MR) is 117 cm³/mol. The van der Waals surface area contributed by atoms with Crippen LogP contribution in [0.2, 0.25) is 0 Å². The average molecular weight is 389 g/mol. The van der Waals surface area contributed by atoms with Gasteiger partial charge in [0, 0.05) is 25.7 Å². The summed E-state index contributed by atoms with van der Waals surface area (Å²) in [6, 6.07) is 20.5. The van der Waals surface area contributed by atoms with Gasteiger partial charge >= 0.3 is 0 Å². The molecule has 0 aliphatic rings. The maximum Gasteiger partial charge on any atom is 0.274 e. The first-order valence-corrected chi connectivity index (χ1v) is 10.0. The highest BCUT2D eigenvalue weighted by molar-refractivity contribution is 5.92. The molecule has 3 rings (SSSR count). The van der Waals surface area contributed by atoms with E-state index in [4.69, 9.17) is 0 Å². The van der Waals surface area contributed by atoms with Crippen molar-refractivity contribution in [2.75, 3.05) is 11.4 Å². The molecule has 0 bridgehead atoms. The Hall–Kier alpha value is -3.21. The van der Waals surface area contributed by atoms with Gasteiger partial charge in [-0.05, 0) is 31.9 Å². The molecule has 0 aliphatic carbocycles. The highest BCUT2D eigenvalue weighted by Gasteiger charge is 2.18. The molecule has 5 nitrogen and oxygen atoms in total. The molecule has 0 radical (unpaired) electrons. The lowest BCUT2D eigenvalue weighted by atomic mass is 10.2. The van der Waals surface area contributed by atoms with E-state index in [2.05, 4.69) is 40.8 Å². The van der Waals surface area contributed by atoms with E-state index in [0.29, 0.717) is 18.8 Å². The van der Waals surface area contributed by atoms with Crippen molar-refractivity contribution in [3.05, 3.63) is 89.9 Å². The molecule has 3 aromatic rings. The third-order valence-electron chi connectivity index (χ3n) is 4.86. The second-order valence-electron chi connectivity index (χ2n) is 7.27. The van der Waals surface area contributed by atoms with E-state index in [9.17, 15) is 4.79 Å². The van der Waals surface area contributed by atoms with Crippen LogP contribution in [0.15, 0.2) is 73.1 Å².